The van der Waals surface area contributed by atoms with Crippen molar-refractivity contribution in [1.82, 2.24) is 31.5 Å². The highest BCUT2D eigenvalue weighted by Gasteiger charge is 2.37. The van der Waals surface area contributed by atoms with Crippen LogP contribution in [-0.4, -0.2) is 95.9 Å². The van der Waals surface area contributed by atoms with Gasteiger partial charge in [-0.3, -0.25) is 28.8 Å². The Hall–Kier alpha value is -4.69. The molecular weight excluding hydrogens is 636 g/mol. The first-order valence-electron chi connectivity index (χ1n) is 16.5. The normalized spacial score (nSPS) is 16.2. The second kappa shape index (κ2) is 18.7. The number of rotatable bonds is 15. The van der Waals surface area contributed by atoms with Crippen molar-refractivity contribution < 1.29 is 43.0 Å². The summed E-state index contributed by atoms with van der Waals surface area (Å²) in [5, 5.41) is 12.8. The van der Waals surface area contributed by atoms with E-state index < -0.39 is 77.9 Å². The number of amides is 6. The van der Waals surface area contributed by atoms with Crippen LogP contribution in [0.3, 0.4) is 0 Å². The number of ether oxygens (including phenoxy) is 2. The van der Waals surface area contributed by atoms with Gasteiger partial charge < -0.3 is 41.0 Å². The van der Waals surface area contributed by atoms with Crippen molar-refractivity contribution in [3.05, 3.63) is 35.9 Å². The van der Waals surface area contributed by atoms with Crippen molar-refractivity contribution in [2.45, 2.75) is 105 Å². The van der Waals surface area contributed by atoms with E-state index in [-0.39, 0.29) is 31.5 Å². The lowest BCUT2D eigenvalue weighted by molar-refractivity contribution is -0.145. The number of nitrogens with one attached hydrogen (secondary N) is 5. The number of hydrogen-bond acceptors (Lipinski definition) is 9. The lowest BCUT2D eigenvalue weighted by Gasteiger charge is -2.29. The summed E-state index contributed by atoms with van der Waals surface area (Å²) in [5.41, 5.74) is 0.0370. The van der Waals surface area contributed by atoms with Crippen LogP contribution in [0.4, 0.5) is 4.79 Å². The van der Waals surface area contributed by atoms with Crippen LogP contribution < -0.4 is 26.6 Å². The fourth-order valence-corrected chi connectivity index (χ4v) is 4.99. The van der Waals surface area contributed by atoms with E-state index in [1.165, 1.54) is 11.8 Å². The van der Waals surface area contributed by atoms with E-state index in [2.05, 4.69) is 26.6 Å². The Kier molecular flexibility index (Phi) is 15.5. The van der Waals surface area contributed by atoms with Gasteiger partial charge in [-0.2, -0.15) is 0 Å². The predicted molar refractivity (Wildman–Crippen MR) is 179 cm³/mol. The third kappa shape index (κ3) is 13.8. The molecule has 1 fully saturated rings. The minimum Gasteiger partial charge on any atom is -0.460 e. The number of nitrogens with zero attached hydrogens (tertiary/aromatic N) is 1. The summed E-state index contributed by atoms with van der Waals surface area (Å²) in [6.07, 6.45) is 0.126. The van der Waals surface area contributed by atoms with Gasteiger partial charge in [0.05, 0.1) is 6.54 Å². The average molecular weight is 689 g/mol. The smallest absolute Gasteiger partial charge is 0.408 e. The Balaban J connectivity index is 1.87. The molecule has 15 nitrogen and oxygen atoms in total. The molecule has 0 saturated carbocycles. The van der Waals surface area contributed by atoms with E-state index in [0.717, 1.165) is 5.56 Å². The number of esters is 1. The van der Waals surface area contributed by atoms with Crippen LogP contribution in [0.1, 0.15) is 73.8 Å². The van der Waals surface area contributed by atoms with E-state index in [1.54, 1.807) is 60.6 Å². The van der Waals surface area contributed by atoms with Crippen LogP contribution in [0.5, 0.6) is 0 Å². The largest absolute Gasteiger partial charge is 0.460 e. The fourth-order valence-electron chi connectivity index (χ4n) is 4.99. The molecule has 272 valence electrons. The molecular formula is C34H52N6O9. The Labute approximate surface area is 288 Å². The maximum atomic E-state index is 13.3. The van der Waals surface area contributed by atoms with Crippen molar-refractivity contribution in [2.24, 2.45) is 11.8 Å². The zero-order valence-electron chi connectivity index (χ0n) is 29.7. The Morgan fingerprint density at radius 3 is 2.02 bits per heavy atom. The van der Waals surface area contributed by atoms with E-state index in [0.29, 0.717) is 12.8 Å². The topological polar surface area (TPSA) is 201 Å². The zero-order valence-corrected chi connectivity index (χ0v) is 29.7. The molecule has 4 atom stereocenters. The molecule has 1 heterocycles. The molecule has 15 heteroatoms. The molecule has 0 spiro atoms. The Morgan fingerprint density at radius 2 is 1.43 bits per heavy atom. The van der Waals surface area contributed by atoms with Gasteiger partial charge in [-0.15, -0.1) is 0 Å². The van der Waals surface area contributed by atoms with Gasteiger partial charge in [0.2, 0.25) is 29.5 Å². The van der Waals surface area contributed by atoms with Crippen LogP contribution in [0.2, 0.25) is 0 Å². The third-order valence-corrected chi connectivity index (χ3v) is 7.53. The first-order valence-corrected chi connectivity index (χ1v) is 16.5. The summed E-state index contributed by atoms with van der Waals surface area (Å²) in [7, 11) is 0. The monoisotopic (exact) mass is 688 g/mol. The first kappa shape index (κ1) is 40.5. The number of carbonyl (C=O) groups is 7. The van der Waals surface area contributed by atoms with Crippen LogP contribution >= 0.6 is 0 Å². The van der Waals surface area contributed by atoms with Gasteiger partial charge in [-0.25, -0.2) is 4.79 Å². The van der Waals surface area contributed by atoms with Gasteiger partial charge in [0, 0.05) is 6.54 Å². The van der Waals surface area contributed by atoms with Crippen LogP contribution in [-0.2, 0) is 44.8 Å². The van der Waals surface area contributed by atoms with Crippen molar-refractivity contribution in [2.75, 3.05) is 19.6 Å². The summed E-state index contributed by atoms with van der Waals surface area (Å²) in [5.74, 6) is -4.14. The quantitative estimate of drug-likeness (QED) is 0.168. The van der Waals surface area contributed by atoms with E-state index in [4.69, 9.17) is 9.47 Å². The summed E-state index contributed by atoms with van der Waals surface area (Å²) in [6, 6.07) is 5.24. The van der Waals surface area contributed by atoms with Gasteiger partial charge in [0.25, 0.3) is 0 Å². The van der Waals surface area contributed by atoms with E-state index in [9.17, 15) is 33.6 Å². The van der Waals surface area contributed by atoms with Crippen molar-refractivity contribution >= 4 is 41.6 Å². The number of benzene rings is 1. The second-order valence-electron chi connectivity index (χ2n) is 13.7. The van der Waals surface area contributed by atoms with Crippen LogP contribution in [0, 0.1) is 11.8 Å². The summed E-state index contributed by atoms with van der Waals surface area (Å²) < 4.78 is 10.4. The van der Waals surface area contributed by atoms with Crippen LogP contribution in [0.15, 0.2) is 30.3 Å². The molecule has 0 aliphatic carbocycles. The highest BCUT2D eigenvalue weighted by molar-refractivity contribution is 5.95. The highest BCUT2D eigenvalue weighted by Crippen LogP contribution is 2.19. The lowest BCUT2D eigenvalue weighted by Crippen LogP contribution is -2.57. The Morgan fingerprint density at radius 1 is 0.816 bits per heavy atom. The maximum Gasteiger partial charge on any atom is 0.408 e. The minimum atomic E-state index is -1.01. The molecule has 5 N–H and O–H groups in total. The molecule has 1 aliphatic heterocycles. The van der Waals surface area contributed by atoms with Gasteiger partial charge in [0.15, 0.2) is 0 Å². The maximum absolute atomic E-state index is 13.3. The number of hydrogen-bond donors (Lipinski definition) is 5. The lowest BCUT2D eigenvalue weighted by atomic mass is 10.0. The molecule has 49 heavy (non-hydrogen) atoms. The molecule has 1 aromatic carbocycles. The predicted octanol–water partition coefficient (Wildman–Crippen LogP) is 1.15. The molecule has 6 amide bonds. The van der Waals surface area contributed by atoms with Gasteiger partial charge in [-0.1, -0.05) is 58.0 Å². The van der Waals surface area contributed by atoms with Gasteiger partial charge in [-0.05, 0) is 57.9 Å². The zero-order chi connectivity index (χ0) is 36.9. The van der Waals surface area contributed by atoms with E-state index in [1.807, 2.05) is 18.2 Å². The molecule has 0 radical (unpaired) electrons. The van der Waals surface area contributed by atoms with Gasteiger partial charge >= 0.3 is 12.1 Å². The van der Waals surface area contributed by atoms with Crippen molar-refractivity contribution in [1.29, 1.82) is 0 Å². The summed E-state index contributed by atoms with van der Waals surface area (Å²) in [6.45, 7) is 13.0. The highest BCUT2D eigenvalue weighted by atomic mass is 16.6. The average Bonchev–Trinajstić information content (AvgIpc) is 3.52. The number of likely N-dealkylation sites (tertiary alicyclic amines) is 1. The molecule has 1 saturated heterocycles. The summed E-state index contributed by atoms with van der Waals surface area (Å²) in [4.78, 5) is 90.6. The number of carbonyl (C=O) groups excluding carboxylic acids is 7. The minimum absolute atomic E-state index is 0.0586. The molecule has 0 unspecified atom stereocenters. The standard InChI is InChI=1S/C34H52N6O9/c1-20(2)27(30(44)36-18-26(42)48-19-23-13-10-9-11-14-23)38-25(41)17-35-29(43)24-15-12-16-40(24)32(46)22(5)37-31(45)28(21(3)4)39-33(47)49-34(6,7)8/h9-11,13-14,20-22,24,27-28H,12,15-19H2,1-8H3,(H,35,43)(H,36,44)(H,37,45)(H,38,41)(H,39,47)/t22-,24+,27-,28-/m1/s1. The number of alkyl carbamates (subject to hydrolysis) is 1. The van der Waals surface area contributed by atoms with Crippen molar-refractivity contribution in [3.63, 3.8) is 0 Å². The molecule has 1 aromatic rings. The second-order valence-corrected chi connectivity index (χ2v) is 13.7. The SMILES string of the molecule is CC(C)[C@@H](NC(=O)CNC(=O)[C@@H]1CCCN1C(=O)[C@@H](C)NC(=O)[C@H](NC(=O)OC(C)(C)C)C(C)C)C(=O)NCC(=O)OCc1ccccc1. The summed E-state index contributed by atoms with van der Waals surface area (Å²) >= 11 is 0. The van der Waals surface area contributed by atoms with Gasteiger partial charge in [0.1, 0.15) is 42.9 Å². The molecule has 2 rings (SSSR count). The third-order valence-electron chi connectivity index (χ3n) is 7.53. The van der Waals surface area contributed by atoms with Crippen molar-refractivity contribution in [3.8, 4) is 0 Å². The molecule has 0 bridgehead atoms. The molecule has 1 aliphatic rings. The van der Waals surface area contributed by atoms with E-state index >= 15 is 0 Å². The fraction of sp³-hybridized carbons (Fsp3) is 0.618. The first-order chi connectivity index (χ1) is 22.9. The molecule has 0 aromatic heterocycles. The Bertz CT molecular complexity index is 1330. The van der Waals surface area contributed by atoms with Crippen LogP contribution in [0.25, 0.3) is 0 Å².